The second-order valence-corrected chi connectivity index (χ2v) is 7.62. The van der Waals surface area contributed by atoms with Crippen LogP contribution in [0.4, 0.5) is 0 Å². The smallest absolute Gasteiger partial charge is 0.344 e. The largest absolute Gasteiger partial charge is 0.482 e. The maximum atomic E-state index is 12.3. The van der Waals surface area contributed by atoms with Gasteiger partial charge in [0.2, 0.25) is 0 Å². The molecule has 162 valence electrons. The first-order chi connectivity index (χ1) is 13.7. The van der Waals surface area contributed by atoms with Crippen LogP contribution in [0.1, 0.15) is 46.6 Å². The average Bonchev–Trinajstić information content (AvgIpc) is 2.66. The van der Waals surface area contributed by atoms with Gasteiger partial charge >= 0.3 is 11.9 Å². The highest BCUT2D eigenvalue weighted by Crippen LogP contribution is 2.17. The molecule has 0 heterocycles. The molecule has 0 spiro atoms. The summed E-state index contributed by atoms with van der Waals surface area (Å²) < 4.78 is 15.3. The van der Waals surface area contributed by atoms with Crippen molar-refractivity contribution in [2.24, 2.45) is 5.41 Å². The van der Waals surface area contributed by atoms with E-state index >= 15 is 0 Å². The number of hydrogen-bond donors (Lipinski definition) is 1. The fourth-order valence-corrected chi connectivity index (χ4v) is 2.52. The van der Waals surface area contributed by atoms with Crippen molar-refractivity contribution in [1.82, 2.24) is 5.32 Å². The highest BCUT2D eigenvalue weighted by atomic mass is 16.6. The van der Waals surface area contributed by atoms with Gasteiger partial charge in [-0.1, -0.05) is 32.9 Å². The Bertz CT molecular complexity index is 663. The molecule has 0 bridgehead atoms. The minimum absolute atomic E-state index is 0.135. The highest BCUT2D eigenvalue weighted by Gasteiger charge is 2.23. The molecule has 0 saturated heterocycles. The van der Waals surface area contributed by atoms with Crippen LogP contribution >= 0.6 is 0 Å². The van der Waals surface area contributed by atoms with Crippen molar-refractivity contribution < 1.29 is 28.6 Å². The van der Waals surface area contributed by atoms with Crippen LogP contribution < -0.4 is 10.1 Å². The Balaban J connectivity index is 2.65. The fourth-order valence-electron chi connectivity index (χ4n) is 2.52. The van der Waals surface area contributed by atoms with E-state index in [0.29, 0.717) is 38.3 Å². The molecule has 0 fully saturated rings. The van der Waals surface area contributed by atoms with Gasteiger partial charge in [-0.25, -0.2) is 4.79 Å². The second kappa shape index (κ2) is 12.2. The van der Waals surface area contributed by atoms with E-state index in [0.717, 1.165) is 5.56 Å². The number of carbonyl (C=O) groups excluding carboxylic acids is 3. The molecule has 1 aromatic carbocycles. The molecule has 0 radical (unpaired) electrons. The third-order valence-electron chi connectivity index (χ3n) is 4.18. The first kappa shape index (κ1) is 24.6. The Labute approximate surface area is 173 Å². The number of ketones is 1. The molecule has 0 aliphatic carbocycles. The first-order valence-electron chi connectivity index (χ1n) is 9.98. The lowest BCUT2D eigenvalue weighted by Crippen LogP contribution is -2.41. The SMILES string of the molecule is CCOC(=O)COc1ccc(CC(NCCC(=O)C(C)(C)C)C(=O)OCC)cc1. The van der Waals surface area contributed by atoms with Gasteiger partial charge in [0.25, 0.3) is 0 Å². The number of Topliss-reactive ketones (excluding diaryl/α,β-unsaturated/α-hetero) is 1. The van der Waals surface area contributed by atoms with Crippen LogP contribution in [0.25, 0.3) is 0 Å². The summed E-state index contributed by atoms with van der Waals surface area (Å²) in [7, 11) is 0. The van der Waals surface area contributed by atoms with Gasteiger partial charge in [0.05, 0.1) is 13.2 Å². The normalized spacial score (nSPS) is 12.2. The van der Waals surface area contributed by atoms with Gasteiger partial charge in [-0.15, -0.1) is 0 Å². The van der Waals surface area contributed by atoms with E-state index in [-0.39, 0.29) is 18.4 Å². The summed E-state index contributed by atoms with van der Waals surface area (Å²) in [4.78, 5) is 35.7. The molecule has 0 aliphatic rings. The zero-order valence-corrected chi connectivity index (χ0v) is 18.1. The van der Waals surface area contributed by atoms with E-state index in [1.54, 1.807) is 26.0 Å². The van der Waals surface area contributed by atoms with Crippen molar-refractivity contribution in [2.75, 3.05) is 26.4 Å². The molecule has 0 saturated carbocycles. The van der Waals surface area contributed by atoms with Crippen LogP contribution in [0, 0.1) is 5.41 Å². The predicted molar refractivity (Wildman–Crippen MR) is 110 cm³/mol. The summed E-state index contributed by atoms with van der Waals surface area (Å²) in [5.74, 6) is -0.0970. The maximum Gasteiger partial charge on any atom is 0.344 e. The Morgan fingerprint density at radius 2 is 1.62 bits per heavy atom. The molecular weight excluding hydrogens is 374 g/mol. The van der Waals surface area contributed by atoms with Crippen molar-refractivity contribution >= 4 is 17.7 Å². The molecule has 7 heteroatoms. The van der Waals surface area contributed by atoms with Crippen LogP contribution in [0.3, 0.4) is 0 Å². The Kier molecular flexibility index (Phi) is 10.4. The summed E-state index contributed by atoms with van der Waals surface area (Å²) in [6.07, 6.45) is 0.765. The number of benzene rings is 1. The first-order valence-corrected chi connectivity index (χ1v) is 9.98. The van der Waals surface area contributed by atoms with E-state index in [1.165, 1.54) is 0 Å². The number of nitrogens with one attached hydrogen (secondary N) is 1. The van der Waals surface area contributed by atoms with Gasteiger partial charge < -0.3 is 19.5 Å². The number of hydrogen-bond acceptors (Lipinski definition) is 7. The van der Waals surface area contributed by atoms with E-state index in [1.807, 2.05) is 32.9 Å². The minimum Gasteiger partial charge on any atom is -0.482 e. The lowest BCUT2D eigenvalue weighted by atomic mass is 9.89. The summed E-state index contributed by atoms with van der Waals surface area (Å²) >= 11 is 0. The molecule has 0 aromatic heterocycles. The molecule has 0 amide bonds. The number of ether oxygens (including phenoxy) is 3. The van der Waals surface area contributed by atoms with Crippen LogP contribution in [-0.2, 0) is 30.3 Å². The van der Waals surface area contributed by atoms with Crippen molar-refractivity contribution in [2.45, 2.75) is 53.5 Å². The average molecular weight is 408 g/mol. The second-order valence-electron chi connectivity index (χ2n) is 7.62. The van der Waals surface area contributed by atoms with Crippen molar-refractivity contribution in [3.8, 4) is 5.75 Å². The van der Waals surface area contributed by atoms with Gasteiger partial charge in [-0.05, 0) is 38.0 Å². The molecule has 0 aliphatic heterocycles. The van der Waals surface area contributed by atoms with Gasteiger partial charge in [-0.2, -0.15) is 0 Å². The molecule has 1 rings (SSSR count). The summed E-state index contributed by atoms with van der Waals surface area (Å²) in [6.45, 7) is 9.98. The third-order valence-corrected chi connectivity index (χ3v) is 4.18. The zero-order chi connectivity index (χ0) is 21.9. The molecular formula is C22H33NO6. The zero-order valence-electron chi connectivity index (χ0n) is 18.1. The van der Waals surface area contributed by atoms with Crippen LogP contribution in [0.5, 0.6) is 5.75 Å². The van der Waals surface area contributed by atoms with Crippen molar-refractivity contribution in [3.63, 3.8) is 0 Å². The molecule has 1 N–H and O–H groups in total. The van der Waals surface area contributed by atoms with Gasteiger partial charge in [0.15, 0.2) is 6.61 Å². The van der Waals surface area contributed by atoms with Gasteiger partial charge in [0, 0.05) is 18.4 Å². The Morgan fingerprint density at radius 1 is 1.00 bits per heavy atom. The number of esters is 2. The molecule has 7 nitrogen and oxygen atoms in total. The Hall–Kier alpha value is -2.41. The van der Waals surface area contributed by atoms with Crippen molar-refractivity contribution in [1.29, 1.82) is 0 Å². The summed E-state index contributed by atoms with van der Waals surface area (Å²) in [5.41, 5.74) is 0.502. The quantitative estimate of drug-likeness (QED) is 0.533. The minimum atomic E-state index is -0.547. The highest BCUT2D eigenvalue weighted by molar-refractivity contribution is 5.84. The Morgan fingerprint density at radius 3 is 2.17 bits per heavy atom. The van der Waals surface area contributed by atoms with E-state index in [2.05, 4.69) is 5.32 Å². The van der Waals surface area contributed by atoms with Gasteiger partial charge in [0.1, 0.15) is 17.6 Å². The van der Waals surface area contributed by atoms with E-state index in [9.17, 15) is 14.4 Å². The van der Waals surface area contributed by atoms with E-state index < -0.39 is 17.4 Å². The summed E-state index contributed by atoms with van der Waals surface area (Å²) in [6, 6.07) is 6.58. The lowest BCUT2D eigenvalue weighted by molar-refractivity contribution is -0.146. The van der Waals surface area contributed by atoms with Gasteiger partial charge in [-0.3, -0.25) is 9.59 Å². The number of rotatable bonds is 12. The lowest BCUT2D eigenvalue weighted by Gasteiger charge is -2.20. The molecule has 1 aromatic rings. The summed E-state index contributed by atoms with van der Waals surface area (Å²) in [5, 5.41) is 3.14. The number of carbonyl (C=O) groups is 3. The van der Waals surface area contributed by atoms with Crippen LogP contribution in [0.2, 0.25) is 0 Å². The predicted octanol–water partition coefficient (Wildman–Crippen LogP) is 2.70. The van der Waals surface area contributed by atoms with Crippen LogP contribution in [-0.4, -0.2) is 50.1 Å². The third kappa shape index (κ3) is 9.56. The van der Waals surface area contributed by atoms with Crippen LogP contribution in [0.15, 0.2) is 24.3 Å². The molecule has 29 heavy (non-hydrogen) atoms. The van der Waals surface area contributed by atoms with Crippen molar-refractivity contribution in [3.05, 3.63) is 29.8 Å². The maximum absolute atomic E-state index is 12.3. The monoisotopic (exact) mass is 407 g/mol. The standard InChI is InChI=1S/C22H33NO6/c1-6-27-20(25)15-29-17-10-8-16(9-11-17)14-18(21(26)28-7-2)23-13-12-19(24)22(3,4)5/h8-11,18,23H,6-7,12-15H2,1-5H3. The molecule has 1 atom stereocenters. The fraction of sp³-hybridized carbons (Fsp3) is 0.591. The topological polar surface area (TPSA) is 90.9 Å². The molecule has 1 unspecified atom stereocenters. The van der Waals surface area contributed by atoms with E-state index in [4.69, 9.17) is 14.2 Å².